The van der Waals surface area contributed by atoms with Crippen LogP contribution in [-0.4, -0.2) is 51.5 Å². The highest BCUT2D eigenvalue weighted by Crippen LogP contribution is 2.52. The largest absolute Gasteiger partial charge is 0.493 e. The van der Waals surface area contributed by atoms with Gasteiger partial charge in [0, 0.05) is 31.0 Å². The van der Waals surface area contributed by atoms with E-state index in [4.69, 9.17) is 14.2 Å². The average Bonchev–Trinajstić information content (AvgIpc) is 3.09. The number of methoxy groups -OCH3 is 1. The number of nitrogens with zero attached hydrogens (tertiary/aromatic N) is 1. The van der Waals surface area contributed by atoms with Crippen molar-refractivity contribution >= 4 is 29.9 Å². The lowest BCUT2D eigenvalue weighted by molar-refractivity contribution is -0.106. The van der Waals surface area contributed by atoms with E-state index in [1.54, 1.807) is 14.2 Å². The molecule has 1 heterocycles. The maximum Gasteiger partial charge on any atom is 0.191 e. The summed E-state index contributed by atoms with van der Waals surface area (Å²) in [6.07, 6.45) is 1.46. The minimum atomic E-state index is -0.0261. The Kier molecular flexibility index (Phi) is 7.62. The van der Waals surface area contributed by atoms with Crippen LogP contribution in [0.25, 0.3) is 0 Å². The number of hydrogen-bond acceptors (Lipinski definition) is 4. The molecule has 7 heteroatoms. The number of benzene rings is 1. The Hall–Kier alpha value is -1.22. The second kappa shape index (κ2) is 9.32. The summed E-state index contributed by atoms with van der Waals surface area (Å²) in [6.45, 7) is 8.07. The molecule has 6 nitrogen and oxygen atoms in total. The quantitative estimate of drug-likeness (QED) is 0.366. The Bertz CT molecular complexity index is 653. The van der Waals surface area contributed by atoms with E-state index in [-0.39, 0.29) is 35.5 Å². The summed E-state index contributed by atoms with van der Waals surface area (Å²) in [5.41, 5.74) is 0.123. The van der Waals surface area contributed by atoms with Crippen molar-refractivity contribution in [3.63, 3.8) is 0 Å². The number of nitrogens with one attached hydrogen (secondary N) is 2. The topological polar surface area (TPSA) is 64.1 Å². The molecular formula is C20H32IN3O3. The van der Waals surface area contributed by atoms with Crippen LogP contribution in [0.3, 0.4) is 0 Å². The van der Waals surface area contributed by atoms with Crippen LogP contribution < -0.4 is 20.1 Å². The van der Waals surface area contributed by atoms with E-state index in [1.165, 1.54) is 0 Å². The van der Waals surface area contributed by atoms with Gasteiger partial charge in [-0.1, -0.05) is 26.0 Å². The lowest BCUT2D eigenvalue weighted by atomic mass is 9.57. The fourth-order valence-electron chi connectivity index (χ4n) is 4.17. The maximum absolute atomic E-state index is 6.00. The highest BCUT2D eigenvalue weighted by Gasteiger charge is 2.59. The molecule has 2 aliphatic rings. The molecule has 3 rings (SSSR count). The first-order valence-electron chi connectivity index (χ1n) is 9.35. The summed E-state index contributed by atoms with van der Waals surface area (Å²) in [4.78, 5) is 4.38. The summed E-state index contributed by atoms with van der Waals surface area (Å²) in [5, 5.41) is 6.96. The molecule has 2 fully saturated rings. The van der Waals surface area contributed by atoms with Crippen LogP contribution in [0.5, 0.6) is 11.5 Å². The van der Waals surface area contributed by atoms with Gasteiger partial charge in [0.2, 0.25) is 0 Å². The third-order valence-corrected chi connectivity index (χ3v) is 5.57. The Labute approximate surface area is 179 Å². The van der Waals surface area contributed by atoms with E-state index in [2.05, 4.69) is 29.5 Å². The van der Waals surface area contributed by atoms with Gasteiger partial charge in [-0.3, -0.25) is 4.99 Å². The fraction of sp³-hybridized carbons (Fsp3) is 0.650. The first-order valence-corrected chi connectivity index (χ1v) is 9.35. The second-order valence-electron chi connectivity index (χ2n) is 7.72. The summed E-state index contributed by atoms with van der Waals surface area (Å²) in [6, 6.07) is 8.07. The number of hydrogen-bond donors (Lipinski definition) is 2. The van der Waals surface area contributed by atoms with Gasteiger partial charge in [-0.15, -0.1) is 24.0 Å². The molecule has 4 unspecified atom stereocenters. The van der Waals surface area contributed by atoms with Crippen molar-refractivity contribution < 1.29 is 14.2 Å². The predicted octanol–water partition coefficient (Wildman–Crippen LogP) is 3.06. The van der Waals surface area contributed by atoms with Gasteiger partial charge < -0.3 is 24.8 Å². The molecule has 0 bridgehead atoms. The molecule has 1 saturated heterocycles. The van der Waals surface area contributed by atoms with Gasteiger partial charge >= 0.3 is 0 Å². The van der Waals surface area contributed by atoms with Crippen molar-refractivity contribution in [2.75, 3.05) is 27.3 Å². The van der Waals surface area contributed by atoms with Crippen molar-refractivity contribution in [3.05, 3.63) is 24.3 Å². The standard InChI is InChI=1S/C20H31N3O3.HI/c1-13(26-16-9-7-6-8-15(16)24-5)12-22-19(21-4)23-17-14-10-11-25-18(14)20(17,2)3;/h6-9,13-14,17-18H,10-12H2,1-5H3,(H2,21,22,23);1H. The van der Waals surface area contributed by atoms with Crippen LogP contribution in [-0.2, 0) is 4.74 Å². The number of rotatable bonds is 6. The normalized spacial score (nSPS) is 26.9. The van der Waals surface area contributed by atoms with E-state index in [0.29, 0.717) is 24.6 Å². The molecule has 4 atom stereocenters. The van der Waals surface area contributed by atoms with Crippen LogP contribution in [0, 0.1) is 11.3 Å². The van der Waals surface area contributed by atoms with Crippen molar-refractivity contribution in [1.82, 2.24) is 10.6 Å². The lowest BCUT2D eigenvalue weighted by Crippen LogP contribution is -2.68. The molecule has 1 aliphatic heterocycles. The summed E-state index contributed by atoms with van der Waals surface area (Å²) < 4.78 is 17.2. The van der Waals surface area contributed by atoms with Gasteiger partial charge in [0.1, 0.15) is 6.10 Å². The third kappa shape index (κ3) is 4.62. The van der Waals surface area contributed by atoms with E-state index in [1.807, 2.05) is 31.2 Å². The van der Waals surface area contributed by atoms with Crippen LogP contribution in [0.1, 0.15) is 27.2 Å². The molecule has 1 saturated carbocycles. The number of ether oxygens (including phenoxy) is 3. The number of guanidine groups is 1. The van der Waals surface area contributed by atoms with Gasteiger partial charge in [0.15, 0.2) is 17.5 Å². The van der Waals surface area contributed by atoms with Gasteiger partial charge in [0.05, 0.1) is 19.8 Å². The zero-order valence-electron chi connectivity index (χ0n) is 16.8. The minimum Gasteiger partial charge on any atom is -0.493 e. The van der Waals surface area contributed by atoms with Gasteiger partial charge in [-0.25, -0.2) is 0 Å². The molecule has 152 valence electrons. The van der Waals surface area contributed by atoms with Gasteiger partial charge in [-0.05, 0) is 25.5 Å². The highest BCUT2D eigenvalue weighted by atomic mass is 127. The number of aliphatic imine (C=N–C) groups is 1. The van der Waals surface area contributed by atoms with Crippen molar-refractivity contribution in [1.29, 1.82) is 0 Å². The fourth-order valence-corrected chi connectivity index (χ4v) is 4.17. The molecule has 1 aromatic rings. The molecule has 0 spiro atoms. The summed E-state index contributed by atoms with van der Waals surface area (Å²) in [5.74, 6) is 2.87. The van der Waals surface area contributed by atoms with Gasteiger partial charge in [-0.2, -0.15) is 0 Å². The summed E-state index contributed by atoms with van der Waals surface area (Å²) in [7, 11) is 3.45. The third-order valence-electron chi connectivity index (χ3n) is 5.57. The monoisotopic (exact) mass is 489 g/mol. The zero-order valence-corrected chi connectivity index (χ0v) is 19.2. The number of fused-ring (bicyclic) bond motifs is 1. The van der Waals surface area contributed by atoms with Crippen LogP contribution >= 0.6 is 24.0 Å². The SMILES string of the molecule is CN=C(NCC(C)Oc1ccccc1OC)NC1C2CCOC2C1(C)C.I. The molecule has 1 aliphatic carbocycles. The molecule has 0 aromatic heterocycles. The highest BCUT2D eigenvalue weighted by molar-refractivity contribution is 14.0. The predicted molar refractivity (Wildman–Crippen MR) is 118 cm³/mol. The van der Waals surface area contributed by atoms with Crippen LogP contribution in [0.15, 0.2) is 29.3 Å². The van der Waals surface area contributed by atoms with Crippen molar-refractivity contribution in [2.45, 2.75) is 45.4 Å². The van der Waals surface area contributed by atoms with E-state index in [0.717, 1.165) is 30.5 Å². The van der Waals surface area contributed by atoms with Gasteiger partial charge in [0.25, 0.3) is 0 Å². The van der Waals surface area contributed by atoms with Crippen molar-refractivity contribution in [2.24, 2.45) is 16.3 Å². The molecule has 2 N–H and O–H groups in total. The Morgan fingerprint density at radius 3 is 2.70 bits per heavy atom. The number of para-hydroxylation sites is 2. The molecule has 0 amide bonds. The molecule has 27 heavy (non-hydrogen) atoms. The van der Waals surface area contributed by atoms with E-state index in [9.17, 15) is 0 Å². The lowest BCUT2D eigenvalue weighted by Gasteiger charge is -2.54. The van der Waals surface area contributed by atoms with Crippen LogP contribution in [0.4, 0.5) is 0 Å². The summed E-state index contributed by atoms with van der Waals surface area (Å²) >= 11 is 0. The van der Waals surface area contributed by atoms with E-state index >= 15 is 0 Å². The number of halogens is 1. The molecule has 0 radical (unpaired) electrons. The maximum atomic E-state index is 6.00. The molecular weight excluding hydrogens is 457 g/mol. The van der Waals surface area contributed by atoms with Crippen molar-refractivity contribution in [3.8, 4) is 11.5 Å². The first-order chi connectivity index (χ1) is 12.5. The van der Waals surface area contributed by atoms with E-state index < -0.39 is 0 Å². The minimum absolute atomic E-state index is 0. The second-order valence-corrected chi connectivity index (χ2v) is 7.72. The Morgan fingerprint density at radius 2 is 2.04 bits per heavy atom. The first kappa shape index (κ1) is 22.1. The smallest absolute Gasteiger partial charge is 0.191 e. The Morgan fingerprint density at radius 1 is 1.33 bits per heavy atom. The molecule has 1 aromatic carbocycles. The average molecular weight is 489 g/mol. The Balaban J connectivity index is 0.00000261. The van der Waals surface area contributed by atoms with Crippen LogP contribution in [0.2, 0.25) is 0 Å². The zero-order chi connectivity index (χ0) is 18.7.